The fraction of sp³-hybridized carbons (Fsp3) is 0.167. The van der Waals surface area contributed by atoms with Crippen molar-refractivity contribution < 1.29 is 0 Å². The lowest BCUT2D eigenvalue weighted by molar-refractivity contribution is 1.40. The lowest BCUT2D eigenvalue weighted by Gasteiger charge is -2.07. The standard InChI is InChI=1S/C18H21N/c1-7-16(13(2)3)10-8-14(4)18-12-17(19-6)11-9-15(18)5/h7-12H,2,4,6H2,1,3,5H3/b10-8-,16-7+. The van der Waals surface area contributed by atoms with E-state index in [1.165, 1.54) is 5.56 Å². The van der Waals surface area contributed by atoms with E-state index in [1.807, 2.05) is 50.3 Å². The Bertz CT molecular complexity index is 571. The second kappa shape index (κ2) is 6.69. The van der Waals surface area contributed by atoms with Gasteiger partial charge in [0.2, 0.25) is 0 Å². The Morgan fingerprint density at radius 3 is 2.42 bits per heavy atom. The Hall–Kier alpha value is -2.15. The summed E-state index contributed by atoms with van der Waals surface area (Å²) in [6.45, 7) is 17.7. The van der Waals surface area contributed by atoms with Gasteiger partial charge in [0.25, 0.3) is 0 Å². The second-order valence-corrected chi connectivity index (χ2v) is 4.54. The van der Waals surface area contributed by atoms with Crippen LogP contribution in [-0.4, -0.2) is 6.72 Å². The van der Waals surface area contributed by atoms with Crippen molar-refractivity contribution in [2.75, 3.05) is 0 Å². The molecule has 0 N–H and O–H groups in total. The fourth-order valence-corrected chi connectivity index (χ4v) is 1.82. The molecule has 1 rings (SSSR count). The van der Waals surface area contributed by atoms with Crippen LogP contribution in [0.2, 0.25) is 0 Å². The maximum Gasteiger partial charge on any atom is 0.0628 e. The van der Waals surface area contributed by atoms with E-state index in [-0.39, 0.29) is 0 Å². The molecule has 0 unspecified atom stereocenters. The molecular weight excluding hydrogens is 230 g/mol. The van der Waals surface area contributed by atoms with Crippen molar-refractivity contribution in [2.45, 2.75) is 20.8 Å². The van der Waals surface area contributed by atoms with E-state index in [0.29, 0.717) is 0 Å². The van der Waals surface area contributed by atoms with Gasteiger partial charge >= 0.3 is 0 Å². The highest BCUT2D eigenvalue weighted by molar-refractivity contribution is 5.76. The van der Waals surface area contributed by atoms with Crippen LogP contribution in [0.15, 0.2) is 65.7 Å². The molecule has 0 aliphatic rings. The van der Waals surface area contributed by atoms with E-state index < -0.39 is 0 Å². The minimum atomic E-state index is 0.862. The first-order valence-corrected chi connectivity index (χ1v) is 6.26. The van der Waals surface area contributed by atoms with Crippen LogP contribution < -0.4 is 0 Å². The molecule has 0 amide bonds. The van der Waals surface area contributed by atoms with Gasteiger partial charge in [0.05, 0.1) is 5.69 Å². The number of nitrogens with zero attached hydrogens (tertiary/aromatic N) is 1. The molecule has 0 saturated heterocycles. The lowest BCUT2D eigenvalue weighted by atomic mass is 9.99. The van der Waals surface area contributed by atoms with Gasteiger partial charge in [0.1, 0.15) is 0 Å². The van der Waals surface area contributed by atoms with Crippen molar-refractivity contribution in [3.63, 3.8) is 0 Å². The second-order valence-electron chi connectivity index (χ2n) is 4.54. The number of aliphatic imine (C=N–C) groups is 1. The molecule has 0 atom stereocenters. The summed E-state index contributed by atoms with van der Waals surface area (Å²) in [5, 5.41) is 0. The highest BCUT2D eigenvalue weighted by Crippen LogP contribution is 2.24. The van der Waals surface area contributed by atoms with Gasteiger partial charge < -0.3 is 0 Å². The molecule has 0 aromatic heterocycles. The molecule has 0 aliphatic carbocycles. The van der Waals surface area contributed by atoms with E-state index in [0.717, 1.165) is 28.0 Å². The number of aryl methyl sites for hydroxylation is 1. The first-order valence-electron chi connectivity index (χ1n) is 6.26. The summed E-state index contributed by atoms with van der Waals surface area (Å²) in [7, 11) is 0. The van der Waals surface area contributed by atoms with Gasteiger partial charge in [-0.1, -0.05) is 43.0 Å². The molecule has 0 heterocycles. The average molecular weight is 251 g/mol. The van der Waals surface area contributed by atoms with Crippen LogP contribution in [0.1, 0.15) is 25.0 Å². The number of allylic oxidation sites excluding steroid dienone is 6. The molecule has 0 bridgehead atoms. The Labute approximate surface area is 116 Å². The average Bonchev–Trinajstić information content (AvgIpc) is 2.39. The SMILES string of the molecule is C=Nc1ccc(C)c(C(=C)/C=C\C(=C/C)C(=C)C)c1. The number of hydrogen-bond donors (Lipinski definition) is 0. The molecular formula is C18H21N. The molecule has 1 nitrogen and oxygen atoms in total. The van der Waals surface area contributed by atoms with Crippen molar-refractivity contribution >= 4 is 18.0 Å². The Morgan fingerprint density at radius 2 is 1.89 bits per heavy atom. The predicted octanol–water partition coefficient (Wildman–Crippen LogP) is 5.42. The minimum absolute atomic E-state index is 0.862. The fourth-order valence-electron chi connectivity index (χ4n) is 1.82. The van der Waals surface area contributed by atoms with Crippen LogP contribution >= 0.6 is 0 Å². The largest absolute Gasteiger partial charge is 0.265 e. The van der Waals surface area contributed by atoms with Gasteiger partial charge in [0.15, 0.2) is 0 Å². The van der Waals surface area contributed by atoms with Crippen molar-refractivity contribution in [3.8, 4) is 0 Å². The summed E-state index contributed by atoms with van der Waals surface area (Å²) in [5.74, 6) is 0. The maximum atomic E-state index is 4.12. The van der Waals surface area contributed by atoms with E-state index in [9.17, 15) is 0 Å². The van der Waals surface area contributed by atoms with Gasteiger partial charge in [-0.25, -0.2) is 0 Å². The Morgan fingerprint density at radius 1 is 1.21 bits per heavy atom. The van der Waals surface area contributed by atoms with Crippen LogP contribution in [0, 0.1) is 6.92 Å². The molecule has 98 valence electrons. The first kappa shape index (κ1) is 14.9. The quantitative estimate of drug-likeness (QED) is 0.489. The van der Waals surface area contributed by atoms with E-state index in [2.05, 4.69) is 31.8 Å². The maximum absolute atomic E-state index is 4.12. The normalized spacial score (nSPS) is 11.6. The number of benzene rings is 1. The van der Waals surface area contributed by atoms with E-state index in [1.54, 1.807) is 0 Å². The molecule has 0 saturated carbocycles. The molecule has 19 heavy (non-hydrogen) atoms. The zero-order chi connectivity index (χ0) is 14.4. The van der Waals surface area contributed by atoms with Gasteiger partial charge in [-0.05, 0) is 61.9 Å². The molecule has 0 radical (unpaired) electrons. The molecule has 0 fully saturated rings. The summed E-state index contributed by atoms with van der Waals surface area (Å²) in [6.07, 6.45) is 6.10. The van der Waals surface area contributed by atoms with Crippen LogP contribution in [0.3, 0.4) is 0 Å². The molecule has 1 aromatic rings. The zero-order valence-corrected chi connectivity index (χ0v) is 12.0. The lowest BCUT2D eigenvalue weighted by Crippen LogP contribution is -1.86. The van der Waals surface area contributed by atoms with E-state index in [4.69, 9.17) is 0 Å². The van der Waals surface area contributed by atoms with Crippen LogP contribution in [0.4, 0.5) is 5.69 Å². The van der Waals surface area contributed by atoms with Crippen LogP contribution in [0.5, 0.6) is 0 Å². The van der Waals surface area contributed by atoms with Crippen molar-refractivity contribution in [3.05, 3.63) is 71.9 Å². The van der Waals surface area contributed by atoms with Crippen molar-refractivity contribution in [1.29, 1.82) is 0 Å². The van der Waals surface area contributed by atoms with Crippen LogP contribution in [0.25, 0.3) is 5.57 Å². The number of rotatable bonds is 5. The monoisotopic (exact) mass is 251 g/mol. The van der Waals surface area contributed by atoms with Gasteiger partial charge in [-0.3, -0.25) is 4.99 Å². The third kappa shape index (κ3) is 3.92. The molecule has 0 aliphatic heterocycles. The first-order chi connectivity index (χ1) is 8.99. The van der Waals surface area contributed by atoms with Gasteiger partial charge in [-0.15, -0.1) is 0 Å². The number of hydrogen-bond acceptors (Lipinski definition) is 1. The van der Waals surface area contributed by atoms with Crippen LogP contribution in [-0.2, 0) is 0 Å². The molecule has 0 spiro atoms. The van der Waals surface area contributed by atoms with E-state index >= 15 is 0 Å². The summed E-state index contributed by atoms with van der Waals surface area (Å²) in [6, 6.07) is 5.99. The summed E-state index contributed by atoms with van der Waals surface area (Å²) in [5.41, 5.74) is 6.27. The van der Waals surface area contributed by atoms with Gasteiger partial charge in [0, 0.05) is 0 Å². The van der Waals surface area contributed by atoms with Gasteiger partial charge in [-0.2, -0.15) is 0 Å². The highest BCUT2D eigenvalue weighted by atomic mass is 14.7. The van der Waals surface area contributed by atoms with Crippen molar-refractivity contribution in [2.24, 2.45) is 4.99 Å². The topological polar surface area (TPSA) is 12.4 Å². The Balaban J connectivity index is 3.05. The molecule has 1 aromatic carbocycles. The van der Waals surface area contributed by atoms with Crippen molar-refractivity contribution in [1.82, 2.24) is 0 Å². The minimum Gasteiger partial charge on any atom is -0.265 e. The summed E-state index contributed by atoms with van der Waals surface area (Å²) >= 11 is 0. The molecule has 1 heteroatoms. The highest BCUT2D eigenvalue weighted by Gasteiger charge is 2.02. The zero-order valence-electron chi connectivity index (χ0n) is 12.0. The smallest absolute Gasteiger partial charge is 0.0628 e. The predicted molar refractivity (Wildman–Crippen MR) is 87.1 cm³/mol. The third-order valence-electron chi connectivity index (χ3n) is 3.02. The summed E-state index contributed by atoms with van der Waals surface area (Å²) < 4.78 is 0. The third-order valence-corrected chi connectivity index (χ3v) is 3.02. The Kier molecular flexibility index (Phi) is 5.25. The summed E-state index contributed by atoms with van der Waals surface area (Å²) in [4.78, 5) is 3.95.